The number of carbonyl (C=O) groups is 1. The Morgan fingerprint density at radius 2 is 2.18 bits per heavy atom. The zero-order chi connectivity index (χ0) is 15.9. The predicted molar refractivity (Wildman–Crippen MR) is 88.8 cm³/mol. The van der Waals surface area contributed by atoms with Crippen LogP contribution in [0.2, 0.25) is 0 Å². The van der Waals surface area contributed by atoms with Crippen LogP contribution in [0.3, 0.4) is 0 Å². The van der Waals surface area contributed by atoms with E-state index in [0.29, 0.717) is 12.2 Å². The number of fused-ring (bicyclic) bond motifs is 3. The molecule has 0 aliphatic carbocycles. The molecule has 1 aliphatic heterocycles. The van der Waals surface area contributed by atoms with Crippen molar-refractivity contribution in [2.75, 3.05) is 7.11 Å². The molecule has 22 heavy (non-hydrogen) atoms. The van der Waals surface area contributed by atoms with E-state index < -0.39 is 5.97 Å². The number of carboxylic acid groups (broad SMARTS) is 1. The number of ether oxygens (including phenoxy) is 1. The highest BCUT2D eigenvalue weighted by Crippen LogP contribution is 2.40. The molecule has 0 saturated heterocycles. The molecule has 5 heteroatoms. The highest BCUT2D eigenvalue weighted by atomic mass is 79.9. The van der Waals surface area contributed by atoms with Crippen LogP contribution in [0, 0.1) is 0 Å². The van der Waals surface area contributed by atoms with Crippen LogP contribution >= 0.6 is 15.9 Å². The maximum atomic E-state index is 11.5. The van der Waals surface area contributed by atoms with Crippen molar-refractivity contribution in [1.82, 2.24) is 4.57 Å². The summed E-state index contributed by atoms with van der Waals surface area (Å²) in [6.07, 6.45) is 2.68. The molecule has 1 N–H and O–H groups in total. The Kier molecular flexibility index (Phi) is 4.00. The molecule has 2 heterocycles. The van der Waals surface area contributed by atoms with Crippen molar-refractivity contribution < 1.29 is 14.6 Å². The van der Waals surface area contributed by atoms with Gasteiger partial charge in [-0.05, 0) is 58.1 Å². The molecule has 1 aliphatic rings. The van der Waals surface area contributed by atoms with Gasteiger partial charge in [0, 0.05) is 12.1 Å². The molecule has 4 nitrogen and oxygen atoms in total. The van der Waals surface area contributed by atoms with Gasteiger partial charge in [0.15, 0.2) is 0 Å². The minimum atomic E-state index is -0.861. The number of aryl methyl sites for hydroxylation is 2. The van der Waals surface area contributed by atoms with E-state index in [1.165, 1.54) is 5.56 Å². The quantitative estimate of drug-likeness (QED) is 0.888. The molecule has 0 atom stereocenters. The second-order valence-corrected chi connectivity index (χ2v) is 6.36. The lowest BCUT2D eigenvalue weighted by Gasteiger charge is -2.23. The molecule has 0 unspecified atom stereocenters. The number of aromatic carboxylic acids is 1. The Hall–Kier alpha value is -1.75. The number of rotatable bonds is 4. The van der Waals surface area contributed by atoms with Crippen LogP contribution in [0.5, 0.6) is 5.75 Å². The smallest absolute Gasteiger partial charge is 0.352 e. The van der Waals surface area contributed by atoms with E-state index in [1.807, 2.05) is 22.8 Å². The molecule has 3 rings (SSSR count). The van der Waals surface area contributed by atoms with Gasteiger partial charge in [-0.25, -0.2) is 4.79 Å². The van der Waals surface area contributed by atoms with Gasteiger partial charge in [0.25, 0.3) is 0 Å². The van der Waals surface area contributed by atoms with E-state index in [2.05, 4.69) is 22.9 Å². The summed E-state index contributed by atoms with van der Waals surface area (Å²) in [4.78, 5) is 11.5. The van der Waals surface area contributed by atoms with Crippen LogP contribution in [-0.4, -0.2) is 22.8 Å². The average molecular weight is 364 g/mol. The Labute approximate surface area is 137 Å². The van der Waals surface area contributed by atoms with Crippen molar-refractivity contribution in [1.29, 1.82) is 0 Å². The van der Waals surface area contributed by atoms with Crippen LogP contribution in [0.1, 0.15) is 35.0 Å². The van der Waals surface area contributed by atoms with Crippen molar-refractivity contribution >= 4 is 21.9 Å². The fourth-order valence-electron chi connectivity index (χ4n) is 3.20. The van der Waals surface area contributed by atoms with Gasteiger partial charge in [-0.3, -0.25) is 0 Å². The number of carboxylic acids is 1. The van der Waals surface area contributed by atoms with Crippen molar-refractivity contribution in [3.63, 3.8) is 0 Å². The van der Waals surface area contributed by atoms with Gasteiger partial charge >= 0.3 is 5.97 Å². The maximum Gasteiger partial charge on any atom is 0.352 e. The second-order valence-electron chi connectivity index (χ2n) is 5.50. The third kappa shape index (κ3) is 2.33. The van der Waals surface area contributed by atoms with E-state index in [1.54, 1.807) is 7.11 Å². The summed E-state index contributed by atoms with van der Waals surface area (Å²) in [5, 5.41) is 9.46. The highest BCUT2D eigenvalue weighted by Gasteiger charge is 2.26. The number of hydrogen-bond donors (Lipinski definition) is 1. The maximum absolute atomic E-state index is 11.5. The summed E-state index contributed by atoms with van der Waals surface area (Å²) in [5.74, 6) is -0.0473. The second kappa shape index (κ2) is 5.80. The van der Waals surface area contributed by atoms with Gasteiger partial charge in [-0.2, -0.15) is 0 Å². The van der Waals surface area contributed by atoms with E-state index >= 15 is 0 Å². The summed E-state index contributed by atoms with van der Waals surface area (Å²) in [7, 11) is 1.66. The summed E-state index contributed by atoms with van der Waals surface area (Å²) in [5.41, 5.74) is 4.85. The number of aromatic nitrogens is 1. The summed E-state index contributed by atoms with van der Waals surface area (Å²) < 4.78 is 8.20. The monoisotopic (exact) mass is 363 g/mol. The first-order chi connectivity index (χ1) is 10.6. The number of benzene rings is 1. The van der Waals surface area contributed by atoms with Crippen LogP contribution in [0.4, 0.5) is 0 Å². The van der Waals surface area contributed by atoms with Gasteiger partial charge in [0.2, 0.25) is 0 Å². The van der Waals surface area contributed by atoms with E-state index in [9.17, 15) is 9.90 Å². The molecule has 1 aromatic carbocycles. The molecular formula is C17H18BrNO3. The highest BCUT2D eigenvalue weighted by molar-refractivity contribution is 9.10. The van der Waals surface area contributed by atoms with Crippen molar-refractivity contribution in [2.24, 2.45) is 0 Å². The lowest BCUT2D eigenvalue weighted by molar-refractivity contribution is 0.0685. The van der Waals surface area contributed by atoms with Crippen molar-refractivity contribution in [3.05, 3.63) is 39.5 Å². The summed E-state index contributed by atoms with van der Waals surface area (Å²) >= 11 is 3.54. The van der Waals surface area contributed by atoms with Gasteiger partial charge in [-0.1, -0.05) is 13.3 Å². The fraction of sp³-hybridized carbons (Fsp3) is 0.353. The summed E-state index contributed by atoms with van der Waals surface area (Å²) in [6.45, 7) is 2.80. The molecule has 0 spiro atoms. The zero-order valence-corrected chi connectivity index (χ0v) is 14.2. The SMILES string of the molecule is CCCc1cc(C(=O)O)n2c1-c1cc(Br)c(OC)cc1CC2. The number of halogens is 1. The van der Waals surface area contributed by atoms with E-state index in [4.69, 9.17) is 4.74 Å². The molecule has 116 valence electrons. The van der Waals surface area contributed by atoms with Crippen LogP contribution in [0.15, 0.2) is 22.7 Å². The minimum absolute atomic E-state index is 0.385. The molecule has 0 bridgehead atoms. The lowest BCUT2D eigenvalue weighted by Crippen LogP contribution is -2.16. The predicted octanol–water partition coefficient (Wildman–Crippen LogP) is 4.13. The van der Waals surface area contributed by atoms with E-state index in [-0.39, 0.29) is 0 Å². The third-order valence-electron chi connectivity index (χ3n) is 4.15. The fourth-order valence-corrected chi connectivity index (χ4v) is 3.71. The Morgan fingerprint density at radius 3 is 2.82 bits per heavy atom. The number of hydrogen-bond acceptors (Lipinski definition) is 2. The standard InChI is InChI=1S/C17H18BrNO3/c1-3-4-11-7-14(17(20)21)19-6-5-10-8-15(22-2)13(18)9-12(10)16(11)19/h7-9H,3-6H2,1-2H3,(H,20,21). The van der Waals surface area contributed by atoms with Crippen LogP contribution in [-0.2, 0) is 19.4 Å². The Morgan fingerprint density at radius 1 is 1.41 bits per heavy atom. The van der Waals surface area contributed by atoms with Crippen molar-refractivity contribution in [3.8, 4) is 17.0 Å². The summed E-state index contributed by atoms with van der Waals surface area (Å²) in [6, 6.07) is 5.92. The topological polar surface area (TPSA) is 51.5 Å². The molecule has 0 amide bonds. The first-order valence-corrected chi connectivity index (χ1v) is 8.18. The van der Waals surface area contributed by atoms with Crippen LogP contribution < -0.4 is 4.74 Å². The minimum Gasteiger partial charge on any atom is -0.496 e. The molecule has 1 aromatic heterocycles. The van der Waals surface area contributed by atoms with E-state index in [0.717, 1.165) is 46.3 Å². The lowest BCUT2D eigenvalue weighted by atomic mass is 9.95. The average Bonchev–Trinajstić information content (AvgIpc) is 2.86. The first-order valence-electron chi connectivity index (χ1n) is 7.39. The zero-order valence-electron chi connectivity index (χ0n) is 12.6. The number of nitrogens with zero attached hydrogens (tertiary/aromatic N) is 1. The Bertz CT molecular complexity index is 749. The Balaban J connectivity index is 2.24. The van der Waals surface area contributed by atoms with Crippen LogP contribution in [0.25, 0.3) is 11.3 Å². The molecule has 0 saturated carbocycles. The van der Waals surface area contributed by atoms with Gasteiger partial charge in [-0.15, -0.1) is 0 Å². The molecule has 2 aromatic rings. The van der Waals surface area contributed by atoms with Gasteiger partial charge in [0.05, 0.1) is 17.3 Å². The number of methoxy groups -OCH3 is 1. The molecule has 0 radical (unpaired) electrons. The van der Waals surface area contributed by atoms with Crippen molar-refractivity contribution in [2.45, 2.75) is 32.7 Å². The van der Waals surface area contributed by atoms with Gasteiger partial charge in [0.1, 0.15) is 11.4 Å². The molecule has 0 fully saturated rings. The largest absolute Gasteiger partial charge is 0.496 e. The third-order valence-corrected chi connectivity index (χ3v) is 4.77. The molecular weight excluding hydrogens is 346 g/mol. The van der Waals surface area contributed by atoms with Gasteiger partial charge < -0.3 is 14.4 Å². The normalized spacial score (nSPS) is 12.7. The first kappa shape index (κ1) is 15.2.